The lowest BCUT2D eigenvalue weighted by atomic mass is 10.2. The third-order valence-corrected chi connectivity index (χ3v) is 3.74. The Bertz CT molecular complexity index is 619. The normalized spacial score (nSPS) is 20.4. The molecule has 0 bridgehead atoms. The van der Waals surface area contributed by atoms with Gasteiger partial charge >= 0.3 is 5.76 Å². The SMILES string of the molecule is O=c1oc2cccnc2n1CCN1CCCC1CO. The van der Waals surface area contributed by atoms with E-state index < -0.39 is 0 Å². The van der Waals surface area contributed by atoms with Crippen molar-refractivity contribution in [1.82, 2.24) is 14.5 Å². The first-order valence-corrected chi connectivity index (χ1v) is 6.59. The van der Waals surface area contributed by atoms with E-state index in [1.807, 2.05) is 0 Å². The lowest BCUT2D eigenvalue weighted by molar-refractivity contribution is 0.155. The molecular weight excluding hydrogens is 246 g/mol. The lowest BCUT2D eigenvalue weighted by Gasteiger charge is -2.22. The predicted octanol–water partition coefficient (Wildman–Crippen LogP) is 0.446. The van der Waals surface area contributed by atoms with Crippen molar-refractivity contribution in [2.24, 2.45) is 0 Å². The average molecular weight is 263 g/mol. The van der Waals surface area contributed by atoms with Crippen molar-refractivity contribution < 1.29 is 9.52 Å². The molecule has 0 aromatic carbocycles. The third-order valence-electron chi connectivity index (χ3n) is 3.74. The number of aromatic nitrogens is 2. The van der Waals surface area contributed by atoms with Gasteiger partial charge in [0, 0.05) is 25.3 Å². The molecule has 2 aromatic heterocycles. The van der Waals surface area contributed by atoms with Gasteiger partial charge in [0.2, 0.25) is 0 Å². The van der Waals surface area contributed by atoms with E-state index in [0.29, 0.717) is 17.8 Å². The Hall–Kier alpha value is -1.66. The first kappa shape index (κ1) is 12.4. The third kappa shape index (κ3) is 2.29. The molecule has 0 spiro atoms. The molecule has 1 aliphatic rings. The van der Waals surface area contributed by atoms with Crippen LogP contribution >= 0.6 is 0 Å². The van der Waals surface area contributed by atoms with Crippen molar-refractivity contribution >= 4 is 11.2 Å². The largest absolute Gasteiger partial charge is 0.421 e. The summed E-state index contributed by atoms with van der Waals surface area (Å²) in [5.41, 5.74) is 1.11. The van der Waals surface area contributed by atoms with E-state index in [9.17, 15) is 9.90 Å². The van der Waals surface area contributed by atoms with Gasteiger partial charge in [-0.05, 0) is 31.5 Å². The highest BCUT2D eigenvalue weighted by molar-refractivity contribution is 5.67. The topological polar surface area (TPSA) is 71.5 Å². The summed E-state index contributed by atoms with van der Waals surface area (Å²) in [7, 11) is 0. The number of oxazole rings is 1. The standard InChI is InChI=1S/C13H17N3O3/c17-9-10-3-2-6-15(10)7-8-16-12-11(19-13(16)18)4-1-5-14-12/h1,4-5,10,17H,2-3,6-9H2. The van der Waals surface area contributed by atoms with Gasteiger partial charge in [-0.3, -0.25) is 9.47 Å². The zero-order valence-corrected chi connectivity index (χ0v) is 10.7. The van der Waals surface area contributed by atoms with E-state index in [1.54, 1.807) is 22.9 Å². The molecule has 1 N–H and O–H groups in total. The zero-order chi connectivity index (χ0) is 13.2. The molecule has 102 valence electrons. The van der Waals surface area contributed by atoms with Gasteiger partial charge in [-0.1, -0.05) is 0 Å². The highest BCUT2D eigenvalue weighted by Gasteiger charge is 2.23. The first-order valence-electron chi connectivity index (χ1n) is 6.59. The molecule has 2 aromatic rings. The van der Waals surface area contributed by atoms with Crippen molar-refractivity contribution in [2.75, 3.05) is 19.7 Å². The Morgan fingerprint density at radius 1 is 1.47 bits per heavy atom. The monoisotopic (exact) mass is 263 g/mol. The summed E-state index contributed by atoms with van der Waals surface area (Å²) >= 11 is 0. The minimum absolute atomic E-state index is 0.180. The van der Waals surface area contributed by atoms with Crippen molar-refractivity contribution in [3.63, 3.8) is 0 Å². The Balaban J connectivity index is 1.78. The maximum Gasteiger partial charge on any atom is 0.421 e. The quantitative estimate of drug-likeness (QED) is 0.867. The molecule has 0 amide bonds. The van der Waals surface area contributed by atoms with Gasteiger partial charge in [0.15, 0.2) is 11.2 Å². The molecule has 0 radical (unpaired) electrons. The van der Waals surface area contributed by atoms with Gasteiger partial charge in [-0.15, -0.1) is 0 Å². The molecule has 6 heteroatoms. The van der Waals surface area contributed by atoms with Crippen molar-refractivity contribution in [3.05, 3.63) is 28.9 Å². The molecule has 0 aliphatic carbocycles. The highest BCUT2D eigenvalue weighted by atomic mass is 16.4. The van der Waals surface area contributed by atoms with Crippen molar-refractivity contribution in [2.45, 2.75) is 25.4 Å². The van der Waals surface area contributed by atoms with Crippen molar-refractivity contribution in [3.8, 4) is 0 Å². The minimum atomic E-state index is -0.367. The van der Waals surface area contributed by atoms with Crippen LogP contribution in [0.3, 0.4) is 0 Å². The second-order valence-electron chi connectivity index (χ2n) is 4.86. The fraction of sp³-hybridized carbons (Fsp3) is 0.538. The smallest absolute Gasteiger partial charge is 0.406 e. The Labute approximate surface area is 110 Å². The summed E-state index contributed by atoms with van der Waals surface area (Å²) < 4.78 is 6.70. The van der Waals surface area contributed by atoms with E-state index in [-0.39, 0.29) is 18.4 Å². The summed E-state index contributed by atoms with van der Waals surface area (Å²) in [6.45, 7) is 2.43. The maximum atomic E-state index is 11.8. The molecule has 3 heterocycles. The van der Waals surface area contributed by atoms with Crippen LogP contribution in [-0.2, 0) is 6.54 Å². The van der Waals surface area contributed by atoms with Crippen LogP contribution in [0.1, 0.15) is 12.8 Å². The van der Waals surface area contributed by atoms with E-state index >= 15 is 0 Å². The molecular formula is C13H17N3O3. The number of aliphatic hydroxyl groups is 1. The molecule has 1 atom stereocenters. The van der Waals surface area contributed by atoms with Crippen LogP contribution < -0.4 is 5.76 Å². The second kappa shape index (κ2) is 5.14. The number of aliphatic hydroxyl groups excluding tert-OH is 1. The summed E-state index contributed by atoms with van der Waals surface area (Å²) in [5.74, 6) is -0.367. The van der Waals surface area contributed by atoms with E-state index in [4.69, 9.17) is 4.42 Å². The Morgan fingerprint density at radius 3 is 3.21 bits per heavy atom. The first-order chi connectivity index (χ1) is 9.29. The summed E-state index contributed by atoms with van der Waals surface area (Å²) in [4.78, 5) is 18.2. The van der Waals surface area contributed by atoms with Gasteiger partial charge < -0.3 is 9.52 Å². The maximum absolute atomic E-state index is 11.8. The van der Waals surface area contributed by atoms with Crippen LogP contribution in [-0.4, -0.2) is 45.3 Å². The molecule has 1 aliphatic heterocycles. The van der Waals surface area contributed by atoms with Gasteiger partial charge in [-0.25, -0.2) is 9.78 Å². The lowest BCUT2D eigenvalue weighted by Crippen LogP contribution is -2.35. The number of pyridine rings is 1. The van der Waals surface area contributed by atoms with Crippen LogP contribution in [0.2, 0.25) is 0 Å². The van der Waals surface area contributed by atoms with Gasteiger partial charge in [0.05, 0.1) is 6.61 Å². The molecule has 1 unspecified atom stereocenters. The van der Waals surface area contributed by atoms with Crippen LogP contribution in [0.5, 0.6) is 0 Å². The number of nitrogens with zero attached hydrogens (tertiary/aromatic N) is 3. The molecule has 1 fully saturated rings. The van der Waals surface area contributed by atoms with Gasteiger partial charge in [0.25, 0.3) is 0 Å². The number of hydrogen-bond donors (Lipinski definition) is 1. The fourth-order valence-electron chi connectivity index (χ4n) is 2.72. The average Bonchev–Trinajstić information content (AvgIpc) is 2.99. The predicted molar refractivity (Wildman–Crippen MR) is 69.9 cm³/mol. The number of fused-ring (bicyclic) bond motifs is 1. The molecule has 0 saturated carbocycles. The summed E-state index contributed by atoms with van der Waals surface area (Å²) in [6.07, 6.45) is 3.78. The van der Waals surface area contributed by atoms with Crippen LogP contribution in [0, 0.1) is 0 Å². The van der Waals surface area contributed by atoms with Crippen LogP contribution in [0.4, 0.5) is 0 Å². The second-order valence-corrected chi connectivity index (χ2v) is 4.86. The Morgan fingerprint density at radius 2 is 2.37 bits per heavy atom. The van der Waals surface area contributed by atoms with E-state index in [0.717, 1.165) is 25.9 Å². The molecule has 3 rings (SSSR count). The van der Waals surface area contributed by atoms with E-state index in [2.05, 4.69) is 9.88 Å². The number of hydrogen-bond acceptors (Lipinski definition) is 5. The number of likely N-dealkylation sites (tertiary alicyclic amines) is 1. The van der Waals surface area contributed by atoms with Gasteiger partial charge in [-0.2, -0.15) is 0 Å². The zero-order valence-electron chi connectivity index (χ0n) is 10.7. The summed E-state index contributed by atoms with van der Waals surface area (Å²) in [6, 6.07) is 3.71. The van der Waals surface area contributed by atoms with Crippen LogP contribution in [0.15, 0.2) is 27.5 Å². The summed E-state index contributed by atoms with van der Waals surface area (Å²) in [5, 5.41) is 9.28. The van der Waals surface area contributed by atoms with Crippen molar-refractivity contribution in [1.29, 1.82) is 0 Å². The Kier molecular flexibility index (Phi) is 3.35. The van der Waals surface area contributed by atoms with Crippen LogP contribution in [0.25, 0.3) is 11.2 Å². The molecule has 19 heavy (non-hydrogen) atoms. The minimum Gasteiger partial charge on any atom is -0.406 e. The molecule has 1 saturated heterocycles. The van der Waals surface area contributed by atoms with E-state index in [1.165, 1.54) is 0 Å². The number of rotatable bonds is 4. The fourth-order valence-corrected chi connectivity index (χ4v) is 2.72. The molecule has 6 nitrogen and oxygen atoms in total. The van der Waals surface area contributed by atoms with Gasteiger partial charge in [0.1, 0.15) is 0 Å². The highest BCUT2D eigenvalue weighted by Crippen LogP contribution is 2.16.